The van der Waals surface area contributed by atoms with Crippen LogP contribution >= 0.6 is 0 Å². The van der Waals surface area contributed by atoms with E-state index in [4.69, 9.17) is 4.98 Å². The highest BCUT2D eigenvalue weighted by molar-refractivity contribution is 5.76. The van der Waals surface area contributed by atoms with Crippen molar-refractivity contribution in [2.24, 2.45) is 0 Å². The van der Waals surface area contributed by atoms with E-state index in [-0.39, 0.29) is 0 Å². The molecule has 0 aliphatic heterocycles. The maximum absolute atomic E-state index is 10.5. The fraction of sp³-hybridized carbons (Fsp3) is 0.500. The summed E-state index contributed by atoms with van der Waals surface area (Å²) >= 11 is 0. The lowest BCUT2D eigenvalue weighted by Gasteiger charge is -2.30. The van der Waals surface area contributed by atoms with Gasteiger partial charge in [-0.2, -0.15) is 0 Å². The molecule has 0 unspecified atom stereocenters. The van der Waals surface area contributed by atoms with Gasteiger partial charge in [0.2, 0.25) is 0 Å². The van der Waals surface area contributed by atoms with Gasteiger partial charge in [-0.15, -0.1) is 0 Å². The molecule has 2 aromatic rings. The molecule has 20 heavy (non-hydrogen) atoms. The number of anilines is 1. The number of aliphatic hydroxyl groups is 1. The van der Waals surface area contributed by atoms with Crippen LogP contribution in [0.25, 0.3) is 11.0 Å². The molecule has 4 heteroatoms. The minimum atomic E-state index is -0.561. The zero-order valence-corrected chi connectivity index (χ0v) is 12.1. The first-order valence-electron chi connectivity index (χ1n) is 7.24. The van der Waals surface area contributed by atoms with Gasteiger partial charge >= 0.3 is 0 Å². The lowest BCUT2D eigenvalue weighted by molar-refractivity contribution is 0.0558. The Balaban J connectivity index is 1.90. The Hall–Kier alpha value is -1.68. The molecule has 1 heterocycles. The van der Waals surface area contributed by atoms with Crippen molar-refractivity contribution in [3.8, 4) is 0 Å². The predicted molar refractivity (Wildman–Crippen MR) is 81.0 cm³/mol. The third-order valence-electron chi connectivity index (χ3n) is 4.15. The molecule has 0 radical (unpaired) electrons. The van der Waals surface area contributed by atoms with Gasteiger partial charge < -0.3 is 10.0 Å². The highest BCUT2D eigenvalue weighted by atomic mass is 16.3. The monoisotopic (exact) mass is 271 g/mol. The van der Waals surface area contributed by atoms with Gasteiger partial charge in [0.1, 0.15) is 0 Å². The minimum Gasteiger partial charge on any atom is -0.388 e. The summed E-state index contributed by atoms with van der Waals surface area (Å²) in [6, 6.07) is 7.90. The maximum atomic E-state index is 10.5. The van der Waals surface area contributed by atoms with E-state index in [0.29, 0.717) is 6.54 Å². The van der Waals surface area contributed by atoms with E-state index in [1.165, 1.54) is 0 Å². The first-order chi connectivity index (χ1) is 9.57. The van der Waals surface area contributed by atoms with Gasteiger partial charge in [0.05, 0.1) is 22.3 Å². The van der Waals surface area contributed by atoms with E-state index in [2.05, 4.69) is 4.98 Å². The van der Waals surface area contributed by atoms with Crippen LogP contribution in [-0.2, 0) is 0 Å². The number of hydrogen-bond donors (Lipinski definition) is 1. The lowest BCUT2D eigenvalue weighted by atomic mass is 10.0. The van der Waals surface area contributed by atoms with Gasteiger partial charge in [-0.3, -0.25) is 0 Å². The number of aromatic nitrogens is 2. The van der Waals surface area contributed by atoms with E-state index in [9.17, 15) is 5.11 Å². The summed E-state index contributed by atoms with van der Waals surface area (Å²) in [4.78, 5) is 11.4. The first-order valence-corrected chi connectivity index (χ1v) is 7.24. The average Bonchev–Trinajstić information content (AvgIpc) is 2.84. The van der Waals surface area contributed by atoms with Crippen LogP contribution in [0, 0.1) is 6.92 Å². The molecule has 4 nitrogen and oxygen atoms in total. The highest BCUT2D eigenvalue weighted by Crippen LogP contribution is 2.31. The summed E-state index contributed by atoms with van der Waals surface area (Å²) in [5.74, 6) is 0.865. The summed E-state index contributed by atoms with van der Waals surface area (Å²) < 4.78 is 0. The molecule has 106 valence electrons. The normalized spacial score (nSPS) is 17.6. The third kappa shape index (κ3) is 2.48. The second kappa shape index (κ2) is 5.02. The SMILES string of the molecule is Cc1nc2ccccc2nc1N(C)CC1(O)CCCC1. The Morgan fingerprint density at radius 3 is 2.40 bits per heavy atom. The zero-order valence-electron chi connectivity index (χ0n) is 12.1. The topological polar surface area (TPSA) is 49.2 Å². The Morgan fingerprint density at radius 2 is 1.75 bits per heavy atom. The Kier molecular flexibility index (Phi) is 3.34. The van der Waals surface area contributed by atoms with Crippen molar-refractivity contribution < 1.29 is 5.11 Å². The molecular weight excluding hydrogens is 250 g/mol. The van der Waals surface area contributed by atoms with Gasteiger partial charge in [0, 0.05) is 13.6 Å². The zero-order chi connectivity index (χ0) is 14.2. The van der Waals surface area contributed by atoms with Gasteiger partial charge in [0.15, 0.2) is 5.82 Å². The summed E-state index contributed by atoms with van der Waals surface area (Å²) in [7, 11) is 1.99. The molecule has 0 amide bonds. The van der Waals surface area contributed by atoms with Crippen LogP contribution in [0.4, 0.5) is 5.82 Å². The fourth-order valence-corrected chi connectivity index (χ4v) is 3.15. The Labute approximate surface area is 119 Å². The molecule has 1 aliphatic carbocycles. The van der Waals surface area contributed by atoms with E-state index in [1.807, 2.05) is 43.1 Å². The fourth-order valence-electron chi connectivity index (χ4n) is 3.15. The number of hydrogen-bond acceptors (Lipinski definition) is 4. The standard InChI is InChI=1S/C16H21N3O/c1-12-15(18-14-8-4-3-7-13(14)17-12)19(2)11-16(20)9-5-6-10-16/h3-4,7-8,20H,5-6,9-11H2,1-2H3. The van der Waals surface area contributed by atoms with Crippen LogP contribution in [0.5, 0.6) is 0 Å². The van der Waals surface area contributed by atoms with Crippen molar-refractivity contribution in [2.75, 3.05) is 18.5 Å². The second-order valence-corrected chi connectivity index (χ2v) is 5.91. The van der Waals surface area contributed by atoms with E-state index >= 15 is 0 Å². The van der Waals surface area contributed by atoms with Crippen molar-refractivity contribution in [1.82, 2.24) is 9.97 Å². The number of likely N-dealkylation sites (N-methyl/N-ethyl adjacent to an activating group) is 1. The van der Waals surface area contributed by atoms with Gasteiger partial charge in [0.25, 0.3) is 0 Å². The predicted octanol–water partition coefficient (Wildman–Crippen LogP) is 2.68. The van der Waals surface area contributed by atoms with E-state index in [1.54, 1.807) is 0 Å². The highest BCUT2D eigenvalue weighted by Gasteiger charge is 2.32. The summed E-state index contributed by atoms with van der Waals surface area (Å²) in [6.45, 7) is 2.60. The number of para-hydroxylation sites is 2. The molecule has 1 N–H and O–H groups in total. The first kappa shape index (κ1) is 13.3. The molecule has 0 spiro atoms. The Morgan fingerprint density at radius 1 is 1.15 bits per heavy atom. The summed E-state index contributed by atoms with van der Waals surface area (Å²) in [5, 5.41) is 10.5. The molecule has 1 fully saturated rings. The van der Waals surface area contributed by atoms with Crippen LogP contribution in [0.3, 0.4) is 0 Å². The molecule has 1 saturated carbocycles. The Bertz CT molecular complexity index is 620. The molecule has 1 aromatic carbocycles. The van der Waals surface area contributed by atoms with Gasteiger partial charge in [-0.05, 0) is 31.9 Å². The largest absolute Gasteiger partial charge is 0.388 e. The number of aryl methyl sites for hydroxylation is 1. The number of rotatable bonds is 3. The molecule has 3 rings (SSSR count). The van der Waals surface area contributed by atoms with Crippen molar-refractivity contribution in [1.29, 1.82) is 0 Å². The molecule has 0 atom stereocenters. The quantitative estimate of drug-likeness (QED) is 0.932. The van der Waals surface area contributed by atoms with Crippen molar-refractivity contribution in [3.05, 3.63) is 30.0 Å². The lowest BCUT2D eigenvalue weighted by Crippen LogP contribution is -2.39. The minimum absolute atomic E-state index is 0.561. The molecule has 1 aromatic heterocycles. The summed E-state index contributed by atoms with van der Waals surface area (Å²) in [5.41, 5.74) is 2.17. The van der Waals surface area contributed by atoms with Crippen molar-refractivity contribution in [3.63, 3.8) is 0 Å². The molecular formula is C16H21N3O. The maximum Gasteiger partial charge on any atom is 0.150 e. The molecule has 0 saturated heterocycles. The van der Waals surface area contributed by atoms with Gasteiger partial charge in [-0.1, -0.05) is 25.0 Å². The van der Waals surface area contributed by atoms with Gasteiger partial charge in [-0.25, -0.2) is 9.97 Å². The molecule has 0 bridgehead atoms. The number of benzene rings is 1. The van der Waals surface area contributed by atoms with Crippen LogP contribution in [0.2, 0.25) is 0 Å². The van der Waals surface area contributed by atoms with Crippen LogP contribution in [0.15, 0.2) is 24.3 Å². The number of nitrogens with zero attached hydrogens (tertiary/aromatic N) is 3. The summed E-state index contributed by atoms with van der Waals surface area (Å²) in [6.07, 6.45) is 4.01. The van der Waals surface area contributed by atoms with E-state index in [0.717, 1.165) is 48.2 Å². The average molecular weight is 271 g/mol. The smallest absolute Gasteiger partial charge is 0.150 e. The number of fused-ring (bicyclic) bond motifs is 1. The van der Waals surface area contributed by atoms with Crippen LogP contribution < -0.4 is 4.90 Å². The van der Waals surface area contributed by atoms with E-state index < -0.39 is 5.60 Å². The third-order valence-corrected chi connectivity index (χ3v) is 4.15. The van der Waals surface area contributed by atoms with Crippen LogP contribution in [-0.4, -0.2) is 34.3 Å². The van der Waals surface area contributed by atoms with Crippen LogP contribution in [0.1, 0.15) is 31.4 Å². The molecule has 1 aliphatic rings. The van der Waals surface area contributed by atoms with Crippen molar-refractivity contribution >= 4 is 16.9 Å². The van der Waals surface area contributed by atoms with Crippen molar-refractivity contribution in [2.45, 2.75) is 38.2 Å². The second-order valence-electron chi connectivity index (χ2n) is 5.91.